The monoisotopic (exact) mass is 292 g/mol. The summed E-state index contributed by atoms with van der Waals surface area (Å²) in [6.07, 6.45) is 3.53. The van der Waals surface area contributed by atoms with Crippen LogP contribution >= 0.6 is 0 Å². The Labute approximate surface area is 125 Å². The molecule has 0 aliphatic carbocycles. The van der Waals surface area contributed by atoms with E-state index < -0.39 is 6.04 Å². The van der Waals surface area contributed by atoms with Crippen molar-refractivity contribution in [1.29, 1.82) is 0 Å². The van der Waals surface area contributed by atoms with Crippen LogP contribution in [-0.2, 0) is 16.0 Å². The Balaban J connectivity index is 2.12. The predicted octanol–water partition coefficient (Wildman–Crippen LogP) is 1.97. The van der Waals surface area contributed by atoms with Gasteiger partial charge in [0.2, 0.25) is 11.8 Å². The van der Waals surface area contributed by atoms with Crippen LogP contribution in [0.3, 0.4) is 0 Å². The predicted molar refractivity (Wildman–Crippen MR) is 79.6 cm³/mol. The minimum absolute atomic E-state index is 0.0166. The van der Waals surface area contributed by atoms with Gasteiger partial charge >= 0.3 is 0 Å². The zero-order chi connectivity index (χ0) is 15.4. The molecular weight excluding hydrogens is 268 g/mol. The Morgan fingerprint density at radius 1 is 1.43 bits per heavy atom. The van der Waals surface area contributed by atoms with E-state index in [9.17, 15) is 9.59 Å². The van der Waals surface area contributed by atoms with Gasteiger partial charge in [0.05, 0.1) is 6.26 Å². The number of hydrogen-bond acceptors (Lipinski definition) is 3. The molecule has 2 rings (SSSR count). The molecule has 1 fully saturated rings. The zero-order valence-electron chi connectivity index (χ0n) is 13.0. The second kappa shape index (κ2) is 6.78. The second-order valence-corrected chi connectivity index (χ2v) is 5.84. The summed E-state index contributed by atoms with van der Waals surface area (Å²) in [4.78, 5) is 26.4. The Morgan fingerprint density at radius 3 is 2.81 bits per heavy atom. The summed E-state index contributed by atoms with van der Waals surface area (Å²) >= 11 is 0. The van der Waals surface area contributed by atoms with Gasteiger partial charge < -0.3 is 14.6 Å². The van der Waals surface area contributed by atoms with Crippen molar-refractivity contribution in [3.05, 3.63) is 24.2 Å². The summed E-state index contributed by atoms with van der Waals surface area (Å²) in [6.45, 7) is 6.51. The SMILES string of the molecule is CCC(C)C1NC(=O)CCN(C(C)Cc2ccco2)C1=O. The number of carbonyl (C=O) groups is 2. The highest BCUT2D eigenvalue weighted by atomic mass is 16.3. The summed E-state index contributed by atoms with van der Waals surface area (Å²) in [6, 6.07) is 3.36. The van der Waals surface area contributed by atoms with Crippen molar-refractivity contribution in [3.8, 4) is 0 Å². The van der Waals surface area contributed by atoms with Crippen molar-refractivity contribution in [1.82, 2.24) is 10.2 Å². The third-order valence-corrected chi connectivity index (χ3v) is 4.27. The molecule has 0 bridgehead atoms. The maximum absolute atomic E-state index is 12.7. The van der Waals surface area contributed by atoms with E-state index in [0.717, 1.165) is 12.2 Å². The summed E-state index contributed by atoms with van der Waals surface area (Å²) in [5, 5.41) is 2.87. The highest BCUT2D eigenvalue weighted by Crippen LogP contribution is 2.18. The van der Waals surface area contributed by atoms with Crippen LogP contribution in [0.1, 0.15) is 39.4 Å². The zero-order valence-corrected chi connectivity index (χ0v) is 13.0. The van der Waals surface area contributed by atoms with Crippen LogP contribution in [0.2, 0.25) is 0 Å². The van der Waals surface area contributed by atoms with E-state index in [1.807, 2.05) is 37.8 Å². The normalized spacial score (nSPS) is 22.6. The van der Waals surface area contributed by atoms with Gasteiger partial charge in [0.1, 0.15) is 11.8 Å². The van der Waals surface area contributed by atoms with Crippen LogP contribution < -0.4 is 5.32 Å². The van der Waals surface area contributed by atoms with Crippen molar-refractivity contribution in [3.63, 3.8) is 0 Å². The highest BCUT2D eigenvalue weighted by Gasteiger charge is 2.35. The first-order valence-electron chi connectivity index (χ1n) is 7.65. The van der Waals surface area contributed by atoms with E-state index in [0.29, 0.717) is 19.4 Å². The molecule has 21 heavy (non-hydrogen) atoms. The Bertz CT molecular complexity index is 484. The van der Waals surface area contributed by atoms with E-state index in [-0.39, 0.29) is 23.8 Å². The van der Waals surface area contributed by atoms with Crippen LogP contribution in [0, 0.1) is 5.92 Å². The molecule has 2 amide bonds. The molecular formula is C16H24N2O3. The average molecular weight is 292 g/mol. The molecule has 0 aromatic carbocycles. The number of nitrogens with zero attached hydrogens (tertiary/aromatic N) is 1. The van der Waals surface area contributed by atoms with Crippen molar-refractivity contribution >= 4 is 11.8 Å². The van der Waals surface area contributed by atoms with E-state index in [1.54, 1.807) is 6.26 Å². The molecule has 116 valence electrons. The van der Waals surface area contributed by atoms with Gasteiger partial charge in [-0.25, -0.2) is 0 Å². The number of rotatable bonds is 5. The first-order valence-corrected chi connectivity index (χ1v) is 7.65. The molecule has 3 unspecified atom stereocenters. The molecule has 1 aromatic rings. The molecule has 5 nitrogen and oxygen atoms in total. The van der Waals surface area contributed by atoms with Gasteiger partial charge in [-0.15, -0.1) is 0 Å². The van der Waals surface area contributed by atoms with Gasteiger partial charge in [0, 0.05) is 25.4 Å². The number of hydrogen-bond donors (Lipinski definition) is 1. The van der Waals surface area contributed by atoms with Crippen LogP contribution in [0.25, 0.3) is 0 Å². The fourth-order valence-electron chi connectivity index (χ4n) is 2.71. The van der Waals surface area contributed by atoms with Gasteiger partial charge in [-0.3, -0.25) is 9.59 Å². The fraction of sp³-hybridized carbons (Fsp3) is 0.625. The van der Waals surface area contributed by atoms with E-state index in [2.05, 4.69) is 5.32 Å². The molecule has 0 radical (unpaired) electrons. The molecule has 3 atom stereocenters. The van der Waals surface area contributed by atoms with Gasteiger partial charge in [-0.1, -0.05) is 20.3 Å². The minimum Gasteiger partial charge on any atom is -0.469 e. The maximum atomic E-state index is 12.7. The van der Waals surface area contributed by atoms with E-state index >= 15 is 0 Å². The second-order valence-electron chi connectivity index (χ2n) is 5.84. The molecule has 1 aliphatic heterocycles. The average Bonchev–Trinajstić information content (AvgIpc) is 2.91. The van der Waals surface area contributed by atoms with Gasteiger partial charge in [0.15, 0.2) is 0 Å². The quantitative estimate of drug-likeness (QED) is 0.902. The third-order valence-electron chi connectivity index (χ3n) is 4.27. The van der Waals surface area contributed by atoms with Crippen LogP contribution in [0.5, 0.6) is 0 Å². The molecule has 5 heteroatoms. The van der Waals surface area contributed by atoms with Gasteiger partial charge in [0.25, 0.3) is 0 Å². The summed E-state index contributed by atoms with van der Waals surface area (Å²) in [5.41, 5.74) is 0. The lowest BCUT2D eigenvalue weighted by Gasteiger charge is -2.31. The third kappa shape index (κ3) is 3.65. The van der Waals surface area contributed by atoms with Gasteiger partial charge in [-0.05, 0) is 25.0 Å². The van der Waals surface area contributed by atoms with Crippen molar-refractivity contribution in [2.24, 2.45) is 5.92 Å². The van der Waals surface area contributed by atoms with Crippen molar-refractivity contribution in [2.75, 3.05) is 6.54 Å². The summed E-state index contributed by atoms with van der Waals surface area (Å²) in [5.74, 6) is 0.979. The Hall–Kier alpha value is -1.78. The lowest BCUT2D eigenvalue weighted by atomic mass is 9.97. The number of furan rings is 1. The first-order chi connectivity index (χ1) is 10.0. The van der Waals surface area contributed by atoms with Crippen LogP contribution in [0.4, 0.5) is 0 Å². The topological polar surface area (TPSA) is 62.6 Å². The highest BCUT2D eigenvalue weighted by molar-refractivity contribution is 5.90. The largest absolute Gasteiger partial charge is 0.469 e. The summed E-state index contributed by atoms with van der Waals surface area (Å²) < 4.78 is 5.36. The maximum Gasteiger partial charge on any atom is 0.245 e. The fourth-order valence-corrected chi connectivity index (χ4v) is 2.71. The molecule has 1 N–H and O–H groups in total. The first kappa shape index (κ1) is 15.6. The number of nitrogens with one attached hydrogen (secondary N) is 1. The molecule has 0 spiro atoms. The smallest absolute Gasteiger partial charge is 0.245 e. The standard InChI is InChI=1S/C16H24N2O3/c1-4-11(2)15-16(20)18(8-7-14(19)17-15)12(3)10-13-6-5-9-21-13/h5-6,9,11-12,15H,4,7-8,10H2,1-3H3,(H,17,19). The minimum atomic E-state index is -0.413. The molecule has 1 aromatic heterocycles. The van der Waals surface area contributed by atoms with Crippen molar-refractivity contribution < 1.29 is 14.0 Å². The Kier molecular flexibility index (Phi) is 5.04. The molecule has 1 saturated heterocycles. The molecule has 0 saturated carbocycles. The molecule has 1 aliphatic rings. The van der Waals surface area contributed by atoms with Crippen LogP contribution in [0.15, 0.2) is 22.8 Å². The van der Waals surface area contributed by atoms with Crippen LogP contribution in [-0.4, -0.2) is 35.3 Å². The molecule has 2 heterocycles. The van der Waals surface area contributed by atoms with E-state index in [4.69, 9.17) is 4.42 Å². The number of amides is 2. The van der Waals surface area contributed by atoms with Crippen molar-refractivity contribution in [2.45, 2.75) is 52.1 Å². The Morgan fingerprint density at radius 2 is 2.19 bits per heavy atom. The lowest BCUT2D eigenvalue weighted by Crippen LogP contribution is -2.51. The summed E-state index contributed by atoms with van der Waals surface area (Å²) in [7, 11) is 0. The number of carbonyl (C=O) groups excluding carboxylic acids is 2. The van der Waals surface area contributed by atoms with Gasteiger partial charge in [-0.2, -0.15) is 0 Å². The lowest BCUT2D eigenvalue weighted by molar-refractivity contribution is -0.136. The van der Waals surface area contributed by atoms with E-state index in [1.165, 1.54) is 0 Å².